The third kappa shape index (κ3) is 4.68. The summed E-state index contributed by atoms with van der Waals surface area (Å²) in [6, 6.07) is 2.90. The number of rotatable bonds is 4. The van der Waals surface area contributed by atoms with Crippen LogP contribution in [0.3, 0.4) is 0 Å². The van der Waals surface area contributed by atoms with E-state index in [1.54, 1.807) is 30.1 Å². The van der Waals surface area contributed by atoms with Crippen LogP contribution in [0.15, 0.2) is 30.4 Å². The first-order chi connectivity index (χ1) is 16.0. The van der Waals surface area contributed by atoms with Crippen LogP contribution in [-0.4, -0.2) is 30.4 Å². The summed E-state index contributed by atoms with van der Waals surface area (Å²) in [5.41, 5.74) is 7.23. The first-order valence-corrected chi connectivity index (χ1v) is 10.9. The van der Waals surface area contributed by atoms with Crippen LogP contribution in [0.4, 0.5) is 24.7 Å². The van der Waals surface area contributed by atoms with Crippen LogP contribution in [0.5, 0.6) is 0 Å². The largest absolute Gasteiger partial charge is 0.416 e. The molecule has 0 bridgehead atoms. The number of nitrogens with two attached hydrogens (primary N) is 1. The van der Waals surface area contributed by atoms with E-state index in [0.717, 1.165) is 23.4 Å². The molecule has 3 aromatic rings. The van der Waals surface area contributed by atoms with Crippen molar-refractivity contribution in [2.75, 3.05) is 11.1 Å². The second-order valence-corrected chi connectivity index (χ2v) is 7.96. The molecule has 1 aliphatic heterocycles. The fourth-order valence-corrected chi connectivity index (χ4v) is 3.85. The number of aromatic nitrogens is 4. The fourth-order valence-electron chi connectivity index (χ4n) is 3.85. The van der Waals surface area contributed by atoms with Gasteiger partial charge in [0.2, 0.25) is 5.91 Å². The van der Waals surface area contributed by atoms with Gasteiger partial charge in [0.05, 0.1) is 30.4 Å². The lowest BCUT2D eigenvalue weighted by atomic mass is 10.0. The van der Waals surface area contributed by atoms with E-state index >= 15 is 0 Å². The zero-order chi connectivity index (χ0) is 25.4. The third-order valence-corrected chi connectivity index (χ3v) is 5.42. The summed E-state index contributed by atoms with van der Waals surface area (Å²) in [5.74, 6) is 1.20. The maximum absolute atomic E-state index is 13.2. The maximum Gasteiger partial charge on any atom is 0.416 e. The van der Waals surface area contributed by atoms with Crippen molar-refractivity contribution in [1.29, 1.82) is 0 Å². The number of nitrogens with one attached hydrogen (secondary N) is 1. The lowest BCUT2D eigenvalue weighted by molar-refractivity contribution is -0.137. The number of hydrogen-bond acceptors (Lipinski definition) is 6. The number of fused-ring (bicyclic) bond motifs is 3. The minimum Gasteiger partial charge on any atom is -0.399 e. The Morgan fingerprint density at radius 3 is 2.50 bits per heavy atom. The first-order valence-electron chi connectivity index (χ1n) is 10.9. The minimum absolute atomic E-state index is 0.0171. The molecular formula is C23H28F3N7O. The number of hydrogen-bond donors (Lipinski definition) is 2. The number of aryl methyl sites for hydroxylation is 1. The number of anilines is 2. The minimum atomic E-state index is -4.51. The predicted octanol–water partition coefficient (Wildman–Crippen LogP) is 4.65. The molecule has 34 heavy (non-hydrogen) atoms. The van der Waals surface area contributed by atoms with E-state index in [1.165, 1.54) is 6.07 Å². The lowest BCUT2D eigenvalue weighted by Crippen LogP contribution is -2.25. The number of nitrogen functional groups attached to an aromatic ring is 1. The van der Waals surface area contributed by atoms with Gasteiger partial charge in [0.25, 0.3) is 5.78 Å². The molecular weight excluding hydrogens is 447 g/mol. The first kappa shape index (κ1) is 25.0. The Kier molecular flexibility index (Phi) is 6.85. The Hall–Kier alpha value is -3.63. The summed E-state index contributed by atoms with van der Waals surface area (Å²) >= 11 is 0. The van der Waals surface area contributed by atoms with E-state index in [0.29, 0.717) is 35.1 Å². The van der Waals surface area contributed by atoms with Crippen LogP contribution in [0.2, 0.25) is 0 Å². The summed E-state index contributed by atoms with van der Waals surface area (Å²) in [7, 11) is 0. The standard InChI is InChI=1S/C21H22F3N7O.C2H6/c1-10(2)19(32)30-8-16-17(9-30)31-12(4)28-29-20(31)27-18(16)26-11(3)13-5-14(21(22,23)24)7-15(25)6-13;1-2/h5-7,11H,1,8-9,25H2,2-4H3,(H,26,27,29);1-2H3. The summed E-state index contributed by atoms with van der Waals surface area (Å²) < 4.78 is 41.5. The monoisotopic (exact) mass is 475 g/mol. The van der Waals surface area contributed by atoms with E-state index in [9.17, 15) is 18.0 Å². The van der Waals surface area contributed by atoms with Crippen LogP contribution in [0.25, 0.3) is 5.78 Å². The Morgan fingerprint density at radius 2 is 1.88 bits per heavy atom. The molecule has 11 heteroatoms. The van der Waals surface area contributed by atoms with Gasteiger partial charge >= 0.3 is 6.18 Å². The van der Waals surface area contributed by atoms with Crippen molar-refractivity contribution in [2.45, 2.75) is 59.9 Å². The van der Waals surface area contributed by atoms with E-state index in [2.05, 4.69) is 27.1 Å². The summed E-state index contributed by atoms with van der Waals surface area (Å²) in [5, 5.41) is 11.3. The molecule has 0 saturated carbocycles. The molecule has 0 saturated heterocycles. The second-order valence-electron chi connectivity index (χ2n) is 7.96. The van der Waals surface area contributed by atoms with E-state index in [-0.39, 0.29) is 18.1 Å². The van der Waals surface area contributed by atoms with Crippen molar-refractivity contribution < 1.29 is 18.0 Å². The zero-order valence-electron chi connectivity index (χ0n) is 19.8. The Balaban J connectivity index is 0.00000158. The van der Waals surface area contributed by atoms with Gasteiger partial charge in [-0.2, -0.15) is 18.2 Å². The molecule has 2 aromatic heterocycles. The second kappa shape index (κ2) is 9.32. The lowest BCUT2D eigenvalue weighted by Gasteiger charge is -2.19. The highest BCUT2D eigenvalue weighted by molar-refractivity contribution is 5.92. The van der Waals surface area contributed by atoms with Gasteiger partial charge in [0, 0.05) is 16.8 Å². The van der Waals surface area contributed by atoms with E-state index < -0.39 is 17.8 Å². The molecule has 1 unspecified atom stereocenters. The molecule has 1 amide bonds. The van der Waals surface area contributed by atoms with Crippen molar-refractivity contribution in [3.8, 4) is 0 Å². The smallest absolute Gasteiger partial charge is 0.399 e. The molecule has 1 aliphatic rings. The Morgan fingerprint density at radius 1 is 1.21 bits per heavy atom. The van der Waals surface area contributed by atoms with E-state index in [1.807, 2.05) is 13.8 Å². The van der Waals surface area contributed by atoms with Gasteiger partial charge in [0.1, 0.15) is 11.6 Å². The highest BCUT2D eigenvalue weighted by Crippen LogP contribution is 2.35. The molecule has 0 radical (unpaired) electrons. The molecule has 182 valence electrons. The van der Waals surface area contributed by atoms with Gasteiger partial charge < -0.3 is 16.0 Å². The van der Waals surface area contributed by atoms with Crippen molar-refractivity contribution in [3.05, 3.63) is 58.6 Å². The van der Waals surface area contributed by atoms with Crippen LogP contribution in [0, 0.1) is 6.92 Å². The van der Waals surface area contributed by atoms with Gasteiger partial charge in [-0.05, 0) is 44.5 Å². The molecule has 0 fully saturated rings. The molecule has 1 atom stereocenters. The topological polar surface area (TPSA) is 101 Å². The van der Waals surface area contributed by atoms with Gasteiger partial charge in [0.15, 0.2) is 0 Å². The normalized spacial score (nSPS) is 13.8. The summed E-state index contributed by atoms with van der Waals surface area (Å²) in [6.45, 7) is 13.5. The SMILES string of the molecule is C=C(C)C(=O)N1Cc2c(NC(C)c3cc(N)cc(C(F)(F)F)c3)nc3nnc(C)n3c2C1.CC. The van der Waals surface area contributed by atoms with Crippen molar-refractivity contribution in [3.63, 3.8) is 0 Å². The molecule has 4 rings (SSSR count). The quantitative estimate of drug-likeness (QED) is 0.421. The average molecular weight is 476 g/mol. The molecule has 1 aromatic carbocycles. The number of benzene rings is 1. The van der Waals surface area contributed by atoms with Crippen molar-refractivity contribution in [1.82, 2.24) is 24.5 Å². The number of carbonyl (C=O) groups is 1. The number of halogens is 3. The van der Waals surface area contributed by atoms with Crippen molar-refractivity contribution in [2.24, 2.45) is 0 Å². The highest BCUT2D eigenvalue weighted by atomic mass is 19.4. The average Bonchev–Trinajstić information content (AvgIpc) is 3.37. The Bertz CT molecular complexity index is 1250. The van der Waals surface area contributed by atoms with E-state index in [4.69, 9.17) is 5.73 Å². The fraction of sp³-hybridized carbons (Fsp3) is 0.391. The number of nitrogens with zero attached hydrogens (tertiary/aromatic N) is 5. The maximum atomic E-state index is 13.2. The van der Waals surface area contributed by atoms with Gasteiger partial charge in [-0.3, -0.25) is 9.20 Å². The van der Waals surface area contributed by atoms with Gasteiger partial charge in [-0.1, -0.05) is 20.4 Å². The van der Waals surface area contributed by atoms with Crippen LogP contribution < -0.4 is 11.1 Å². The summed E-state index contributed by atoms with van der Waals surface area (Å²) in [4.78, 5) is 18.7. The van der Waals surface area contributed by atoms with Gasteiger partial charge in [-0.15, -0.1) is 10.2 Å². The van der Waals surface area contributed by atoms with Crippen molar-refractivity contribution >= 4 is 23.2 Å². The molecule has 0 aliphatic carbocycles. The Labute approximate surface area is 195 Å². The summed E-state index contributed by atoms with van der Waals surface area (Å²) in [6.07, 6.45) is -4.51. The number of amides is 1. The van der Waals surface area contributed by atoms with Crippen LogP contribution in [0.1, 0.15) is 61.9 Å². The zero-order valence-corrected chi connectivity index (χ0v) is 19.8. The molecule has 3 N–H and O–H groups in total. The number of alkyl halides is 3. The molecule has 0 spiro atoms. The van der Waals surface area contributed by atoms with Gasteiger partial charge in [-0.25, -0.2) is 0 Å². The number of carbonyl (C=O) groups excluding carboxylic acids is 1. The third-order valence-electron chi connectivity index (χ3n) is 5.42. The highest BCUT2D eigenvalue weighted by Gasteiger charge is 2.33. The molecule has 3 heterocycles. The van der Waals surface area contributed by atoms with Crippen LogP contribution in [-0.2, 0) is 24.1 Å². The molecule has 8 nitrogen and oxygen atoms in total. The predicted molar refractivity (Wildman–Crippen MR) is 124 cm³/mol. The van der Waals surface area contributed by atoms with Crippen LogP contribution >= 0.6 is 0 Å².